The summed E-state index contributed by atoms with van der Waals surface area (Å²) >= 11 is 0. The third kappa shape index (κ3) is 4.16. The normalized spacial score (nSPS) is 19.7. The van der Waals surface area contributed by atoms with Crippen molar-refractivity contribution in [2.45, 2.75) is 51.2 Å². The summed E-state index contributed by atoms with van der Waals surface area (Å²) in [5.74, 6) is 1.30. The van der Waals surface area contributed by atoms with Crippen molar-refractivity contribution in [3.05, 3.63) is 23.8 Å². The highest BCUT2D eigenvalue weighted by Gasteiger charge is 2.27. The Kier molecular flexibility index (Phi) is 5.39. The number of amides is 1. The minimum Gasteiger partial charge on any atom is -0.490 e. The minimum absolute atomic E-state index is 0.104. The molecule has 2 N–H and O–H groups in total. The van der Waals surface area contributed by atoms with Crippen molar-refractivity contribution in [2.24, 2.45) is 5.92 Å². The molecule has 1 heterocycles. The number of fused-ring (bicyclic) bond motifs is 1. The molecule has 1 aliphatic heterocycles. The Bertz CT molecular complexity index is 540. The van der Waals surface area contributed by atoms with Gasteiger partial charge in [-0.2, -0.15) is 0 Å². The lowest BCUT2D eigenvalue weighted by Gasteiger charge is -2.25. The van der Waals surface area contributed by atoms with Crippen molar-refractivity contribution in [3.63, 3.8) is 0 Å². The number of aliphatic hydroxyl groups is 1. The van der Waals surface area contributed by atoms with E-state index in [9.17, 15) is 9.90 Å². The number of carbonyl (C=O) groups is 1. The van der Waals surface area contributed by atoms with E-state index in [0.717, 1.165) is 49.2 Å². The Morgan fingerprint density at radius 2 is 1.87 bits per heavy atom. The molecule has 1 saturated carbocycles. The van der Waals surface area contributed by atoms with Gasteiger partial charge in [0.25, 0.3) is 0 Å². The smallest absolute Gasteiger partial charge is 0.249 e. The zero-order valence-corrected chi connectivity index (χ0v) is 13.4. The van der Waals surface area contributed by atoms with E-state index in [0.29, 0.717) is 19.8 Å². The van der Waals surface area contributed by atoms with Crippen LogP contribution in [-0.2, 0) is 11.3 Å². The molecule has 1 aromatic rings. The Labute approximate surface area is 137 Å². The number of hydrogen-bond acceptors (Lipinski definition) is 4. The Hall–Kier alpha value is -1.75. The first-order valence-corrected chi connectivity index (χ1v) is 8.58. The van der Waals surface area contributed by atoms with Gasteiger partial charge in [0.2, 0.25) is 5.91 Å². The summed E-state index contributed by atoms with van der Waals surface area (Å²) in [7, 11) is 0. The molecule has 0 unspecified atom stereocenters. The van der Waals surface area contributed by atoms with E-state index in [1.165, 1.54) is 6.42 Å². The molecule has 5 heteroatoms. The highest BCUT2D eigenvalue weighted by molar-refractivity contribution is 5.80. The lowest BCUT2D eigenvalue weighted by atomic mass is 9.85. The van der Waals surface area contributed by atoms with Crippen molar-refractivity contribution in [1.29, 1.82) is 0 Å². The maximum atomic E-state index is 12.1. The topological polar surface area (TPSA) is 67.8 Å². The number of carbonyl (C=O) groups excluding carboxylic acids is 1. The van der Waals surface area contributed by atoms with E-state index in [2.05, 4.69) is 5.32 Å². The quantitative estimate of drug-likeness (QED) is 0.894. The maximum absolute atomic E-state index is 12.1. The number of rotatable bonds is 4. The molecule has 0 bridgehead atoms. The molecule has 126 valence electrons. The molecular weight excluding hydrogens is 294 g/mol. The Balaban J connectivity index is 1.55. The summed E-state index contributed by atoms with van der Waals surface area (Å²) < 4.78 is 11.2. The summed E-state index contributed by atoms with van der Waals surface area (Å²) in [6, 6.07) is 5.69. The summed E-state index contributed by atoms with van der Waals surface area (Å²) in [6.45, 7) is 1.69. The molecule has 1 amide bonds. The molecule has 3 rings (SSSR count). The maximum Gasteiger partial charge on any atom is 0.249 e. The molecule has 0 saturated heterocycles. The van der Waals surface area contributed by atoms with Crippen LogP contribution in [0.3, 0.4) is 0 Å². The van der Waals surface area contributed by atoms with Crippen LogP contribution in [0.1, 0.15) is 44.1 Å². The molecule has 2 aliphatic rings. The van der Waals surface area contributed by atoms with Crippen LogP contribution in [0.15, 0.2) is 18.2 Å². The first-order valence-electron chi connectivity index (χ1n) is 8.58. The predicted molar refractivity (Wildman–Crippen MR) is 86.5 cm³/mol. The summed E-state index contributed by atoms with van der Waals surface area (Å²) in [5, 5.41) is 13.0. The summed E-state index contributed by atoms with van der Waals surface area (Å²) in [5.41, 5.74) is 0.943. The first kappa shape index (κ1) is 16.1. The molecule has 1 aliphatic carbocycles. The van der Waals surface area contributed by atoms with Crippen LogP contribution in [0, 0.1) is 5.92 Å². The third-order valence-corrected chi connectivity index (χ3v) is 4.64. The zero-order chi connectivity index (χ0) is 16.1. The van der Waals surface area contributed by atoms with Gasteiger partial charge < -0.3 is 19.9 Å². The number of aliphatic hydroxyl groups excluding tert-OH is 1. The fraction of sp³-hybridized carbons (Fsp3) is 0.611. The van der Waals surface area contributed by atoms with Crippen LogP contribution < -0.4 is 14.8 Å². The molecule has 0 radical (unpaired) electrons. The van der Waals surface area contributed by atoms with Gasteiger partial charge in [-0.3, -0.25) is 4.79 Å². The second kappa shape index (κ2) is 7.68. The van der Waals surface area contributed by atoms with Gasteiger partial charge in [0.05, 0.1) is 13.2 Å². The van der Waals surface area contributed by atoms with E-state index >= 15 is 0 Å². The monoisotopic (exact) mass is 319 g/mol. The van der Waals surface area contributed by atoms with E-state index in [1.54, 1.807) is 0 Å². The number of nitrogens with one attached hydrogen (secondary N) is 1. The van der Waals surface area contributed by atoms with Crippen LogP contribution in [-0.4, -0.2) is 30.3 Å². The minimum atomic E-state index is -0.893. The number of hydrogen-bond donors (Lipinski definition) is 2. The van der Waals surface area contributed by atoms with Gasteiger partial charge in [0.1, 0.15) is 6.10 Å². The number of benzene rings is 1. The van der Waals surface area contributed by atoms with E-state index in [-0.39, 0.29) is 11.8 Å². The summed E-state index contributed by atoms with van der Waals surface area (Å²) in [6.07, 6.45) is 5.29. The molecule has 23 heavy (non-hydrogen) atoms. The fourth-order valence-electron chi connectivity index (χ4n) is 3.28. The third-order valence-electron chi connectivity index (χ3n) is 4.64. The van der Waals surface area contributed by atoms with Crippen molar-refractivity contribution in [1.82, 2.24) is 5.32 Å². The largest absolute Gasteiger partial charge is 0.490 e. The lowest BCUT2D eigenvalue weighted by Crippen LogP contribution is -2.39. The average molecular weight is 319 g/mol. The predicted octanol–water partition coefficient (Wildman–Crippen LogP) is 2.41. The highest BCUT2D eigenvalue weighted by Crippen LogP contribution is 2.30. The molecule has 0 spiro atoms. The molecule has 1 fully saturated rings. The molecule has 1 aromatic carbocycles. The zero-order valence-electron chi connectivity index (χ0n) is 13.4. The molecular formula is C18H25NO4. The van der Waals surface area contributed by atoms with Crippen molar-refractivity contribution in [3.8, 4) is 11.5 Å². The highest BCUT2D eigenvalue weighted by atomic mass is 16.5. The van der Waals surface area contributed by atoms with Gasteiger partial charge in [0, 0.05) is 13.0 Å². The van der Waals surface area contributed by atoms with E-state index in [1.807, 2.05) is 18.2 Å². The van der Waals surface area contributed by atoms with Crippen molar-refractivity contribution in [2.75, 3.05) is 13.2 Å². The van der Waals surface area contributed by atoms with Crippen LogP contribution in [0.4, 0.5) is 0 Å². The van der Waals surface area contributed by atoms with E-state index in [4.69, 9.17) is 9.47 Å². The Morgan fingerprint density at radius 3 is 2.65 bits per heavy atom. The van der Waals surface area contributed by atoms with Crippen LogP contribution >= 0.6 is 0 Å². The van der Waals surface area contributed by atoms with Crippen molar-refractivity contribution < 1.29 is 19.4 Å². The van der Waals surface area contributed by atoms with Gasteiger partial charge in [-0.05, 0) is 36.5 Å². The van der Waals surface area contributed by atoms with Gasteiger partial charge in [-0.25, -0.2) is 0 Å². The average Bonchev–Trinajstić information content (AvgIpc) is 2.84. The van der Waals surface area contributed by atoms with Gasteiger partial charge in [0.15, 0.2) is 11.5 Å². The fourth-order valence-corrected chi connectivity index (χ4v) is 3.28. The summed E-state index contributed by atoms with van der Waals surface area (Å²) in [4.78, 5) is 12.1. The second-order valence-electron chi connectivity index (χ2n) is 6.39. The van der Waals surface area contributed by atoms with Crippen LogP contribution in [0.2, 0.25) is 0 Å². The first-order chi connectivity index (χ1) is 11.2. The SMILES string of the molecule is O=C(NCc1ccc2c(c1)OCCCO2)[C@H](O)C1CCCCC1. The standard InChI is InChI=1S/C18H25NO4/c20-17(14-5-2-1-3-6-14)18(21)19-12-13-7-8-15-16(11-13)23-10-4-9-22-15/h7-8,11,14,17,20H,1-6,9-10,12H2,(H,19,21)/t17-/m1/s1. The van der Waals surface area contributed by atoms with Gasteiger partial charge in [-0.1, -0.05) is 25.3 Å². The second-order valence-corrected chi connectivity index (χ2v) is 6.39. The van der Waals surface area contributed by atoms with Crippen LogP contribution in [0.25, 0.3) is 0 Å². The lowest BCUT2D eigenvalue weighted by molar-refractivity contribution is -0.132. The number of ether oxygens (including phenoxy) is 2. The Morgan fingerprint density at radius 1 is 1.13 bits per heavy atom. The van der Waals surface area contributed by atoms with Gasteiger partial charge in [-0.15, -0.1) is 0 Å². The van der Waals surface area contributed by atoms with Crippen LogP contribution in [0.5, 0.6) is 11.5 Å². The van der Waals surface area contributed by atoms with Gasteiger partial charge >= 0.3 is 0 Å². The molecule has 0 aromatic heterocycles. The molecule has 1 atom stereocenters. The molecule has 5 nitrogen and oxygen atoms in total. The van der Waals surface area contributed by atoms with E-state index < -0.39 is 6.10 Å². The van der Waals surface area contributed by atoms with Crippen molar-refractivity contribution >= 4 is 5.91 Å².